The highest BCUT2D eigenvalue weighted by Crippen LogP contribution is 2.57. The van der Waals surface area contributed by atoms with Crippen molar-refractivity contribution in [2.24, 2.45) is 0 Å². The first-order chi connectivity index (χ1) is 17.8. The molecule has 2 aliphatic rings. The van der Waals surface area contributed by atoms with E-state index in [4.69, 9.17) is 41.7 Å². The molecule has 5 atom stereocenters. The lowest BCUT2D eigenvalue weighted by Crippen LogP contribution is -2.20. The first-order valence-corrected chi connectivity index (χ1v) is 14.9. The van der Waals surface area contributed by atoms with Gasteiger partial charge in [-0.3, -0.25) is 9.36 Å². The molecule has 1 amide bonds. The van der Waals surface area contributed by atoms with Gasteiger partial charge in [0.25, 0.3) is 0 Å². The molecule has 5 rings (SSSR count). The molecular weight excluding hydrogens is 541 g/mol. The van der Waals surface area contributed by atoms with Crippen LogP contribution in [0.3, 0.4) is 0 Å². The van der Waals surface area contributed by atoms with Gasteiger partial charge < -0.3 is 28.7 Å². The summed E-state index contributed by atoms with van der Waals surface area (Å²) in [4.78, 5) is 24.8. The van der Waals surface area contributed by atoms with Crippen molar-refractivity contribution >= 4 is 53.0 Å². The highest BCUT2D eigenvalue weighted by Gasteiger charge is 2.39. The summed E-state index contributed by atoms with van der Waals surface area (Å²) in [6.07, 6.45) is 2.56. The Balaban J connectivity index is 1.24. The molecule has 3 aromatic rings. The van der Waals surface area contributed by atoms with Crippen molar-refractivity contribution in [1.82, 2.24) is 19.5 Å². The second-order valence-corrected chi connectivity index (χ2v) is 12.2. The molecule has 11 nitrogen and oxygen atoms in total. The van der Waals surface area contributed by atoms with Gasteiger partial charge in [0.1, 0.15) is 12.4 Å². The SMILES string of the molecule is CCCC(=O)Nc1ncnc2c1ncn2[C@@H]1O[C@H](COP2(=S)OCCC(c3cccc(Cl)c3)O2)CC1O. The van der Waals surface area contributed by atoms with Crippen LogP contribution in [0, 0.1) is 0 Å². The van der Waals surface area contributed by atoms with Crippen molar-refractivity contribution in [3.8, 4) is 0 Å². The van der Waals surface area contributed by atoms with Crippen LogP contribution in [-0.4, -0.2) is 56.0 Å². The third kappa shape index (κ3) is 6.02. The predicted molar refractivity (Wildman–Crippen MR) is 139 cm³/mol. The maximum atomic E-state index is 12.0. The molecule has 0 radical (unpaired) electrons. The Morgan fingerprint density at radius 3 is 3.05 bits per heavy atom. The van der Waals surface area contributed by atoms with Crippen LogP contribution in [0.25, 0.3) is 11.2 Å². The van der Waals surface area contributed by atoms with E-state index in [1.807, 2.05) is 25.1 Å². The summed E-state index contributed by atoms with van der Waals surface area (Å²) in [5.74, 6) is 0.158. The standard InChI is InChI=1S/C23H27ClN5O6PS/c1-2-4-19(31)28-21-20-22(26-12-25-21)29(13-27-20)23-17(30)10-16(34-23)11-33-36(37)32-8-7-18(35-36)14-5-3-6-15(24)9-14/h3,5-6,9,12-13,16-18,23,30H,2,4,7-8,10-11H2,1H3,(H,25,26,28,31)/t16-,17?,18?,23+,36?/m0/s1. The van der Waals surface area contributed by atoms with Crippen molar-refractivity contribution in [3.63, 3.8) is 0 Å². The fraction of sp³-hybridized carbons (Fsp3) is 0.478. The molecule has 2 saturated heterocycles. The molecule has 0 saturated carbocycles. The van der Waals surface area contributed by atoms with Gasteiger partial charge in [0.2, 0.25) is 5.91 Å². The monoisotopic (exact) mass is 567 g/mol. The lowest BCUT2D eigenvalue weighted by molar-refractivity contribution is -0.116. The minimum atomic E-state index is -3.02. The summed E-state index contributed by atoms with van der Waals surface area (Å²) in [6.45, 7) is -0.603. The van der Waals surface area contributed by atoms with Gasteiger partial charge in [-0.25, -0.2) is 15.0 Å². The fourth-order valence-corrected chi connectivity index (χ4v) is 6.66. The maximum absolute atomic E-state index is 12.0. The molecule has 0 bridgehead atoms. The lowest BCUT2D eigenvalue weighted by atomic mass is 10.1. The summed E-state index contributed by atoms with van der Waals surface area (Å²) in [5.41, 5.74) is 1.76. The van der Waals surface area contributed by atoms with Crippen molar-refractivity contribution in [3.05, 3.63) is 47.5 Å². The summed E-state index contributed by atoms with van der Waals surface area (Å²) < 4.78 is 25.4. The number of carbonyl (C=O) groups is 1. The van der Waals surface area contributed by atoms with Gasteiger partial charge in [-0.15, -0.1) is 0 Å². The molecule has 0 aliphatic carbocycles. The van der Waals surface area contributed by atoms with E-state index in [0.29, 0.717) is 54.3 Å². The molecule has 198 valence electrons. The molecule has 2 fully saturated rings. The van der Waals surface area contributed by atoms with Crippen molar-refractivity contribution in [1.29, 1.82) is 0 Å². The number of amides is 1. The number of nitrogens with one attached hydrogen (secondary N) is 1. The second-order valence-electron chi connectivity index (χ2n) is 8.81. The summed E-state index contributed by atoms with van der Waals surface area (Å²) in [6, 6.07) is 7.44. The summed E-state index contributed by atoms with van der Waals surface area (Å²) in [7, 11) is 0. The normalized spacial score (nSPS) is 28.0. The first-order valence-electron chi connectivity index (χ1n) is 12.0. The third-order valence-electron chi connectivity index (χ3n) is 6.06. The van der Waals surface area contributed by atoms with E-state index in [2.05, 4.69) is 20.3 Å². The minimum Gasteiger partial charge on any atom is -0.388 e. The van der Waals surface area contributed by atoms with Crippen molar-refractivity contribution < 1.29 is 28.2 Å². The van der Waals surface area contributed by atoms with Crippen LogP contribution in [0.2, 0.25) is 5.02 Å². The molecule has 2 aromatic heterocycles. The van der Waals surface area contributed by atoms with Gasteiger partial charge in [-0.2, -0.15) is 0 Å². The number of imidazole rings is 1. The molecule has 2 N–H and O–H groups in total. The van der Waals surface area contributed by atoms with E-state index in [-0.39, 0.29) is 18.6 Å². The number of halogens is 1. The molecule has 4 heterocycles. The quantitative estimate of drug-likeness (QED) is 0.380. The number of aliphatic hydroxyl groups is 1. The maximum Gasteiger partial charge on any atom is 0.327 e. The smallest absolute Gasteiger partial charge is 0.327 e. The number of benzene rings is 1. The van der Waals surface area contributed by atoms with Crippen LogP contribution in [-0.2, 0) is 34.9 Å². The van der Waals surface area contributed by atoms with Crippen LogP contribution in [0.4, 0.5) is 5.82 Å². The largest absolute Gasteiger partial charge is 0.388 e. The Kier molecular flexibility index (Phi) is 8.18. The van der Waals surface area contributed by atoms with E-state index >= 15 is 0 Å². The Bertz CT molecular complexity index is 1330. The number of hydrogen-bond donors (Lipinski definition) is 2. The van der Waals surface area contributed by atoms with E-state index < -0.39 is 25.2 Å². The fourth-order valence-electron chi connectivity index (χ4n) is 4.33. The summed E-state index contributed by atoms with van der Waals surface area (Å²) >= 11 is 11.7. The average molecular weight is 568 g/mol. The third-order valence-corrected chi connectivity index (χ3v) is 8.66. The molecule has 14 heteroatoms. The van der Waals surface area contributed by atoms with Gasteiger partial charge >= 0.3 is 6.72 Å². The van der Waals surface area contributed by atoms with Gasteiger partial charge in [0.05, 0.1) is 31.7 Å². The van der Waals surface area contributed by atoms with Crippen LogP contribution < -0.4 is 5.32 Å². The zero-order valence-electron chi connectivity index (χ0n) is 20.0. The number of aliphatic hydroxyl groups excluding tert-OH is 1. The van der Waals surface area contributed by atoms with Crippen LogP contribution >= 0.6 is 18.3 Å². The van der Waals surface area contributed by atoms with Gasteiger partial charge in [-0.1, -0.05) is 30.7 Å². The molecule has 3 unspecified atom stereocenters. The molecule has 2 aliphatic heterocycles. The van der Waals surface area contributed by atoms with Crippen LogP contribution in [0.5, 0.6) is 0 Å². The van der Waals surface area contributed by atoms with E-state index in [1.165, 1.54) is 12.7 Å². The highest BCUT2D eigenvalue weighted by molar-refractivity contribution is 8.07. The average Bonchev–Trinajstić information content (AvgIpc) is 3.46. The number of hydrogen-bond acceptors (Lipinski definition) is 10. The zero-order valence-corrected chi connectivity index (χ0v) is 22.5. The van der Waals surface area contributed by atoms with Gasteiger partial charge in [-0.05, 0) is 35.9 Å². The van der Waals surface area contributed by atoms with Crippen molar-refractivity contribution in [2.45, 2.75) is 57.1 Å². The number of carbonyl (C=O) groups excluding carboxylic acids is 1. The first kappa shape index (κ1) is 26.6. The molecule has 0 spiro atoms. The minimum absolute atomic E-state index is 0.0903. The highest BCUT2D eigenvalue weighted by atomic mass is 35.5. The topological polar surface area (TPSA) is 130 Å². The van der Waals surface area contributed by atoms with Gasteiger partial charge in [0, 0.05) is 24.3 Å². The van der Waals surface area contributed by atoms with Crippen LogP contribution in [0.1, 0.15) is 50.5 Å². The number of anilines is 1. The Morgan fingerprint density at radius 1 is 1.38 bits per heavy atom. The molecule has 37 heavy (non-hydrogen) atoms. The van der Waals surface area contributed by atoms with Gasteiger partial charge in [0.15, 0.2) is 23.2 Å². The van der Waals surface area contributed by atoms with Crippen LogP contribution in [0.15, 0.2) is 36.9 Å². The number of fused-ring (bicyclic) bond motifs is 1. The molecular formula is C23H27ClN5O6PS. The number of ether oxygens (including phenoxy) is 1. The predicted octanol–water partition coefficient (Wildman–Crippen LogP) is 4.29. The summed E-state index contributed by atoms with van der Waals surface area (Å²) in [5, 5.41) is 14.1. The Labute approximate surface area is 223 Å². The number of aromatic nitrogens is 4. The Hall–Kier alpha value is -2.02. The van der Waals surface area contributed by atoms with Crippen molar-refractivity contribution in [2.75, 3.05) is 18.5 Å². The van der Waals surface area contributed by atoms with E-state index in [9.17, 15) is 9.90 Å². The lowest BCUT2D eigenvalue weighted by Gasteiger charge is -2.32. The number of rotatable bonds is 8. The number of nitrogens with zero attached hydrogens (tertiary/aromatic N) is 4. The zero-order chi connectivity index (χ0) is 26.0. The second kappa shape index (κ2) is 11.4. The van der Waals surface area contributed by atoms with E-state index in [0.717, 1.165) is 5.56 Å². The van der Waals surface area contributed by atoms with E-state index in [1.54, 1.807) is 10.6 Å². The molecule has 1 aromatic carbocycles. The Morgan fingerprint density at radius 2 is 2.24 bits per heavy atom.